The summed E-state index contributed by atoms with van der Waals surface area (Å²) in [5.74, 6) is -0.567. The molecule has 0 bridgehead atoms. The van der Waals surface area contributed by atoms with Crippen LogP contribution in [0.15, 0.2) is 42.7 Å². The number of pyridine rings is 1. The highest BCUT2D eigenvalue weighted by Gasteiger charge is 2.11. The molecule has 0 atom stereocenters. The average molecular weight is 329 g/mol. The number of carbonyl (C=O) groups excluding carboxylic acids is 1. The van der Waals surface area contributed by atoms with Crippen molar-refractivity contribution in [3.8, 4) is 0 Å². The van der Waals surface area contributed by atoms with Gasteiger partial charge in [0.1, 0.15) is 5.82 Å². The Hall–Kier alpha value is -2.43. The lowest BCUT2D eigenvalue weighted by molar-refractivity contribution is 0.0950. The van der Waals surface area contributed by atoms with Gasteiger partial charge in [-0.15, -0.1) is 0 Å². The van der Waals surface area contributed by atoms with E-state index in [0.717, 1.165) is 31.6 Å². The van der Waals surface area contributed by atoms with E-state index in [0.29, 0.717) is 11.1 Å². The minimum Gasteiger partial charge on any atom is -0.370 e. The molecule has 0 radical (unpaired) electrons. The molecule has 0 aliphatic heterocycles. The molecule has 1 amide bonds. The van der Waals surface area contributed by atoms with Crippen LogP contribution in [0.5, 0.6) is 0 Å². The van der Waals surface area contributed by atoms with E-state index in [-0.39, 0.29) is 18.3 Å². The van der Waals surface area contributed by atoms with Crippen LogP contribution < -0.4 is 10.2 Å². The summed E-state index contributed by atoms with van der Waals surface area (Å²) in [6, 6.07) is 8.27. The second-order valence-electron chi connectivity index (χ2n) is 5.69. The van der Waals surface area contributed by atoms with Crippen LogP contribution in [0.4, 0.5) is 10.1 Å². The van der Waals surface area contributed by atoms with Crippen molar-refractivity contribution in [3.05, 3.63) is 59.7 Å². The fraction of sp³-hybridized carbons (Fsp3) is 0.368. The Morgan fingerprint density at radius 3 is 2.54 bits per heavy atom. The van der Waals surface area contributed by atoms with Gasteiger partial charge in [0.25, 0.3) is 5.91 Å². The molecule has 1 N–H and O–H groups in total. The van der Waals surface area contributed by atoms with Gasteiger partial charge in [-0.1, -0.05) is 32.0 Å². The van der Waals surface area contributed by atoms with E-state index in [1.165, 1.54) is 12.3 Å². The van der Waals surface area contributed by atoms with Crippen molar-refractivity contribution < 1.29 is 9.18 Å². The lowest BCUT2D eigenvalue weighted by Gasteiger charge is -2.23. The number of benzene rings is 1. The second-order valence-corrected chi connectivity index (χ2v) is 5.69. The maximum absolute atomic E-state index is 13.6. The predicted octanol–water partition coefficient (Wildman–Crippen LogP) is 3.78. The number of hydrogen-bond donors (Lipinski definition) is 1. The van der Waals surface area contributed by atoms with Crippen LogP contribution in [-0.2, 0) is 6.54 Å². The number of hydrogen-bond acceptors (Lipinski definition) is 3. The molecule has 5 heteroatoms. The Kier molecular flexibility index (Phi) is 6.73. The average Bonchev–Trinajstić information content (AvgIpc) is 2.61. The number of anilines is 1. The molecule has 0 unspecified atom stereocenters. The fourth-order valence-corrected chi connectivity index (χ4v) is 2.55. The van der Waals surface area contributed by atoms with E-state index in [2.05, 4.69) is 29.0 Å². The van der Waals surface area contributed by atoms with Crippen LogP contribution in [0.2, 0.25) is 0 Å². The fourth-order valence-electron chi connectivity index (χ4n) is 2.55. The highest BCUT2D eigenvalue weighted by Crippen LogP contribution is 2.16. The zero-order chi connectivity index (χ0) is 17.4. The first kappa shape index (κ1) is 17.9. The van der Waals surface area contributed by atoms with Crippen LogP contribution in [-0.4, -0.2) is 24.0 Å². The first-order valence-electron chi connectivity index (χ1n) is 8.37. The summed E-state index contributed by atoms with van der Waals surface area (Å²) in [7, 11) is 0. The smallest absolute Gasteiger partial charge is 0.253 e. The van der Waals surface area contributed by atoms with Gasteiger partial charge in [0, 0.05) is 31.4 Å². The molecule has 0 saturated carbocycles. The number of halogens is 1. The topological polar surface area (TPSA) is 45.2 Å². The third kappa shape index (κ3) is 4.78. The van der Waals surface area contributed by atoms with Gasteiger partial charge in [0.15, 0.2) is 0 Å². The Labute approximate surface area is 142 Å². The highest BCUT2D eigenvalue weighted by molar-refractivity contribution is 5.94. The summed E-state index contributed by atoms with van der Waals surface area (Å²) >= 11 is 0. The molecule has 1 heterocycles. The van der Waals surface area contributed by atoms with E-state index >= 15 is 0 Å². The Balaban J connectivity index is 2.07. The molecule has 4 nitrogen and oxygen atoms in total. The number of nitrogens with zero attached hydrogens (tertiary/aromatic N) is 2. The van der Waals surface area contributed by atoms with Crippen molar-refractivity contribution >= 4 is 11.6 Å². The monoisotopic (exact) mass is 329 g/mol. The standard InChI is InChI=1S/C19H24FN3O/c1-3-9-23(10-4-2)17-11-16(12-21-14-17)19(24)22-13-15-7-5-6-8-18(15)20/h5-8,11-12,14H,3-4,9-10,13H2,1-2H3,(H,22,24). The van der Waals surface area contributed by atoms with Crippen LogP contribution in [0.3, 0.4) is 0 Å². The first-order chi connectivity index (χ1) is 11.7. The van der Waals surface area contributed by atoms with E-state index in [4.69, 9.17) is 0 Å². The van der Waals surface area contributed by atoms with Gasteiger partial charge in [-0.25, -0.2) is 4.39 Å². The number of rotatable bonds is 8. The summed E-state index contributed by atoms with van der Waals surface area (Å²) in [4.78, 5) is 18.7. The SMILES string of the molecule is CCCN(CCC)c1cncc(C(=O)NCc2ccccc2F)c1. The summed E-state index contributed by atoms with van der Waals surface area (Å²) in [6.45, 7) is 6.26. The van der Waals surface area contributed by atoms with Crippen LogP contribution in [0.25, 0.3) is 0 Å². The van der Waals surface area contributed by atoms with Crippen molar-refractivity contribution in [2.45, 2.75) is 33.2 Å². The summed E-state index contributed by atoms with van der Waals surface area (Å²) in [5, 5.41) is 2.75. The number of nitrogens with one attached hydrogen (secondary N) is 1. The molecule has 0 saturated heterocycles. The highest BCUT2D eigenvalue weighted by atomic mass is 19.1. The third-order valence-electron chi connectivity index (χ3n) is 3.74. The quantitative estimate of drug-likeness (QED) is 0.802. The normalized spacial score (nSPS) is 10.5. The van der Waals surface area contributed by atoms with E-state index in [1.54, 1.807) is 24.4 Å². The summed E-state index contributed by atoms with van der Waals surface area (Å²) < 4.78 is 13.6. The van der Waals surface area contributed by atoms with Crippen molar-refractivity contribution in [2.75, 3.05) is 18.0 Å². The maximum atomic E-state index is 13.6. The molecule has 0 spiro atoms. The molecule has 0 aliphatic rings. The molecule has 0 fully saturated rings. The Morgan fingerprint density at radius 2 is 1.88 bits per heavy atom. The lowest BCUT2D eigenvalue weighted by atomic mass is 10.2. The van der Waals surface area contributed by atoms with Crippen molar-refractivity contribution in [3.63, 3.8) is 0 Å². The van der Waals surface area contributed by atoms with Crippen molar-refractivity contribution in [1.82, 2.24) is 10.3 Å². The molecule has 2 rings (SSSR count). The van der Waals surface area contributed by atoms with Crippen molar-refractivity contribution in [2.24, 2.45) is 0 Å². The van der Waals surface area contributed by atoms with Gasteiger partial charge in [0.2, 0.25) is 0 Å². The first-order valence-corrected chi connectivity index (χ1v) is 8.37. The number of carbonyl (C=O) groups is 1. The van der Waals surface area contributed by atoms with E-state index in [1.807, 2.05) is 6.07 Å². The Bertz CT molecular complexity index is 669. The maximum Gasteiger partial charge on any atom is 0.253 e. The zero-order valence-corrected chi connectivity index (χ0v) is 14.3. The van der Waals surface area contributed by atoms with E-state index < -0.39 is 0 Å². The largest absolute Gasteiger partial charge is 0.370 e. The number of amides is 1. The Morgan fingerprint density at radius 1 is 1.17 bits per heavy atom. The van der Waals surface area contributed by atoms with E-state index in [9.17, 15) is 9.18 Å². The molecule has 1 aromatic heterocycles. The third-order valence-corrected chi connectivity index (χ3v) is 3.74. The van der Waals surface area contributed by atoms with Gasteiger partial charge >= 0.3 is 0 Å². The van der Waals surface area contributed by atoms with Gasteiger partial charge < -0.3 is 10.2 Å². The van der Waals surface area contributed by atoms with Gasteiger partial charge in [0.05, 0.1) is 17.4 Å². The molecule has 1 aromatic carbocycles. The van der Waals surface area contributed by atoms with Gasteiger partial charge in [-0.2, -0.15) is 0 Å². The minimum absolute atomic E-state index is 0.156. The molecular weight excluding hydrogens is 305 g/mol. The molecule has 24 heavy (non-hydrogen) atoms. The molecular formula is C19H24FN3O. The number of aromatic nitrogens is 1. The zero-order valence-electron chi connectivity index (χ0n) is 14.3. The predicted molar refractivity (Wildman–Crippen MR) is 94.6 cm³/mol. The van der Waals surface area contributed by atoms with Crippen LogP contribution in [0.1, 0.15) is 42.6 Å². The molecule has 2 aromatic rings. The lowest BCUT2D eigenvalue weighted by Crippen LogP contribution is -2.27. The molecule has 0 aliphatic carbocycles. The molecule has 128 valence electrons. The summed E-state index contributed by atoms with van der Waals surface area (Å²) in [5.41, 5.74) is 1.90. The van der Waals surface area contributed by atoms with Gasteiger partial charge in [-0.05, 0) is 25.0 Å². The minimum atomic E-state index is -0.318. The second kappa shape index (κ2) is 9.01. The van der Waals surface area contributed by atoms with Crippen molar-refractivity contribution in [1.29, 1.82) is 0 Å². The summed E-state index contributed by atoms with van der Waals surface area (Å²) in [6.07, 6.45) is 5.38. The van der Waals surface area contributed by atoms with Gasteiger partial charge in [-0.3, -0.25) is 9.78 Å². The van der Waals surface area contributed by atoms with Crippen LogP contribution >= 0.6 is 0 Å². The van der Waals surface area contributed by atoms with Crippen LogP contribution in [0, 0.1) is 5.82 Å².